The molecule has 30 heavy (non-hydrogen) atoms. The van der Waals surface area contributed by atoms with Gasteiger partial charge in [0.2, 0.25) is 5.91 Å². The van der Waals surface area contributed by atoms with Crippen molar-refractivity contribution >= 4 is 17.5 Å². The van der Waals surface area contributed by atoms with E-state index in [0.29, 0.717) is 25.3 Å². The van der Waals surface area contributed by atoms with Crippen molar-refractivity contribution < 1.29 is 14.3 Å². The molecular formula is C23H30N4O3. The van der Waals surface area contributed by atoms with E-state index in [9.17, 15) is 9.59 Å². The third-order valence-electron chi connectivity index (χ3n) is 5.27. The predicted molar refractivity (Wildman–Crippen MR) is 117 cm³/mol. The van der Waals surface area contributed by atoms with Gasteiger partial charge < -0.3 is 19.9 Å². The van der Waals surface area contributed by atoms with Crippen LogP contribution in [-0.2, 0) is 4.79 Å². The van der Waals surface area contributed by atoms with Gasteiger partial charge in [0.15, 0.2) is 0 Å². The molecule has 1 atom stereocenters. The monoisotopic (exact) mass is 410 g/mol. The fraction of sp³-hybridized carbons (Fsp3) is 0.435. The Morgan fingerprint density at radius 3 is 2.23 bits per heavy atom. The van der Waals surface area contributed by atoms with Crippen LogP contribution in [0.1, 0.15) is 31.1 Å². The zero-order valence-electron chi connectivity index (χ0n) is 17.9. The average Bonchev–Trinajstić information content (AvgIpc) is 2.78. The van der Waals surface area contributed by atoms with E-state index in [1.54, 1.807) is 36.7 Å². The van der Waals surface area contributed by atoms with Gasteiger partial charge in [-0.05, 0) is 49.2 Å². The number of piperazine rings is 1. The second-order valence-electron chi connectivity index (χ2n) is 7.67. The highest BCUT2D eigenvalue weighted by Crippen LogP contribution is 2.17. The van der Waals surface area contributed by atoms with Crippen LogP contribution in [0.15, 0.2) is 48.8 Å². The van der Waals surface area contributed by atoms with Crippen LogP contribution in [0.25, 0.3) is 0 Å². The van der Waals surface area contributed by atoms with Crippen LogP contribution in [-0.4, -0.2) is 60.5 Å². The lowest BCUT2D eigenvalue weighted by atomic mass is 10.0. The smallest absolute Gasteiger partial charge is 0.251 e. The SMILES string of the molecule is CCOc1ccc(C(=O)N[C@H](C(=O)N2CCN(c3ccncc3)CC2)C(C)C)cc1. The van der Waals surface area contributed by atoms with Crippen molar-refractivity contribution in [3.05, 3.63) is 54.4 Å². The minimum absolute atomic E-state index is 0.0117. The molecule has 2 amide bonds. The predicted octanol–water partition coefficient (Wildman–Crippen LogP) is 2.58. The van der Waals surface area contributed by atoms with E-state index in [-0.39, 0.29) is 17.7 Å². The number of pyridine rings is 1. The minimum Gasteiger partial charge on any atom is -0.494 e. The maximum absolute atomic E-state index is 13.2. The summed E-state index contributed by atoms with van der Waals surface area (Å²) in [6.07, 6.45) is 3.55. The molecule has 7 nitrogen and oxygen atoms in total. The van der Waals surface area contributed by atoms with Gasteiger partial charge in [0, 0.05) is 49.8 Å². The van der Waals surface area contributed by atoms with Crippen molar-refractivity contribution in [2.24, 2.45) is 5.92 Å². The number of anilines is 1. The Hall–Kier alpha value is -3.09. The van der Waals surface area contributed by atoms with Gasteiger partial charge in [-0.1, -0.05) is 13.8 Å². The normalized spacial score (nSPS) is 15.1. The van der Waals surface area contributed by atoms with E-state index in [4.69, 9.17) is 4.74 Å². The maximum atomic E-state index is 13.2. The second kappa shape index (κ2) is 10.1. The van der Waals surface area contributed by atoms with E-state index < -0.39 is 6.04 Å². The first-order valence-corrected chi connectivity index (χ1v) is 10.5. The van der Waals surface area contributed by atoms with Gasteiger partial charge in [-0.2, -0.15) is 0 Å². The van der Waals surface area contributed by atoms with E-state index in [2.05, 4.69) is 15.2 Å². The molecule has 7 heteroatoms. The standard InChI is InChI=1S/C23H30N4O3/c1-4-30-20-7-5-18(6-8-20)22(28)25-21(17(2)3)23(29)27-15-13-26(14-16-27)19-9-11-24-12-10-19/h5-12,17,21H,4,13-16H2,1-3H3,(H,25,28)/t21-/m0/s1. The molecule has 1 fully saturated rings. The molecule has 1 aromatic carbocycles. The Balaban J connectivity index is 1.60. The number of benzene rings is 1. The third-order valence-corrected chi connectivity index (χ3v) is 5.27. The van der Waals surface area contributed by atoms with Gasteiger partial charge >= 0.3 is 0 Å². The van der Waals surface area contributed by atoms with Gasteiger partial charge in [0.25, 0.3) is 5.91 Å². The molecule has 1 aliphatic heterocycles. The highest BCUT2D eigenvalue weighted by atomic mass is 16.5. The van der Waals surface area contributed by atoms with Crippen molar-refractivity contribution in [2.45, 2.75) is 26.8 Å². The minimum atomic E-state index is -0.559. The van der Waals surface area contributed by atoms with E-state index in [0.717, 1.165) is 24.5 Å². The quantitative estimate of drug-likeness (QED) is 0.759. The molecule has 1 N–H and O–H groups in total. The van der Waals surface area contributed by atoms with Gasteiger partial charge in [-0.15, -0.1) is 0 Å². The number of nitrogens with zero attached hydrogens (tertiary/aromatic N) is 3. The molecule has 0 aliphatic carbocycles. The summed E-state index contributed by atoms with van der Waals surface area (Å²) in [6, 6.07) is 10.4. The molecule has 0 saturated carbocycles. The summed E-state index contributed by atoms with van der Waals surface area (Å²) in [6.45, 7) is 9.16. The molecular weight excluding hydrogens is 380 g/mol. The largest absolute Gasteiger partial charge is 0.494 e. The summed E-state index contributed by atoms with van der Waals surface area (Å²) in [5.74, 6) is 0.430. The highest BCUT2D eigenvalue weighted by Gasteiger charge is 2.31. The Kier molecular flexibility index (Phi) is 7.27. The summed E-state index contributed by atoms with van der Waals surface area (Å²) >= 11 is 0. The lowest BCUT2D eigenvalue weighted by Gasteiger charge is -2.38. The number of nitrogens with one attached hydrogen (secondary N) is 1. The molecule has 0 spiro atoms. The Morgan fingerprint density at radius 1 is 1.03 bits per heavy atom. The number of carbonyl (C=O) groups is 2. The van der Waals surface area contributed by atoms with Crippen molar-refractivity contribution in [2.75, 3.05) is 37.7 Å². The van der Waals surface area contributed by atoms with E-state index in [1.165, 1.54) is 0 Å². The van der Waals surface area contributed by atoms with Gasteiger partial charge in [0.1, 0.15) is 11.8 Å². The van der Waals surface area contributed by atoms with Crippen molar-refractivity contribution in [3.8, 4) is 5.75 Å². The van der Waals surface area contributed by atoms with Crippen LogP contribution in [0.5, 0.6) is 5.75 Å². The summed E-state index contributed by atoms with van der Waals surface area (Å²) in [7, 11) is 0. The van der Waals surface area contributed by atoms with Gasteiger partial charge in [-0.3, -0.25) is 14.6 Å². The number of rotatable bonds is 7. The van der Waals surface area contributed by atoms with Crippen LogP contribution in [0, 0.1) is 5.92 Å². The summed E-state index contributed by atoms with van der Waals surface area (Å²) in [5.41, 5.74) is 1.63. The molecule has 0 radical (unpaired) electrons. The molecule has 160 valence electrons. The number of ether oxygens (including phenoxy) is 1. The van der Waals surface area contributed by atoms with Crippen molar-refractivity contribution in [3.63, 3.8) is 0 Å². The highest BCUT2D eigenvalue weighted by molar-refractivity contribution is 5.97. The van der Waals surface area contributed by atoms with Crippen molar-refractivity contribution in [1.29, 1.82) is 0 Å². The lowest BCUT2D eigenvalue weighted by molar-refractivity contribution is -0.134. The zero-order chi connectivity index (χ0) is 21.5. The first-order chi connectivity index (χ1) is 14.5. The number of hydrogen-bond acceptors (Lipinski definition) is 5. The Morgan fingerprint density at radius 2 is 1.67 bits per heavy atom. The molecule has 2 heterocycles. The summed E-state index contributed by atoms with van der Waals surface area (Å²) < 4.78 is 5.42. The fourth-order valence-electron chi connectivity index (χ4n) is 3.54. The number of hydrogen-bond donors (Lipinski definition) is 1. The molecule has 1 saturated heterocycles. The lowest BCUT2D eigenvalue weighted by Crippen LogP contribution is -2.56. The third kappa shape index (κ3) is 5.28. The van der Waals surface area contributed by atoms with E-state index >= 15 is 0 Å². The van der Waals surface area contributed by atoms with Crippen LogP contribution >= 0.6 is 0 Å². The topological polar surface area (TPSA) is 74.8 Å². The number of amides is 2. The number of carbonyl (C=O) groups excluding carboxylic acids is 2. The van der Waals surface area contributed by atoms with E-state index in [1.807, 2.05) is 37.8 Å². The average molecular weight is 411 g/mol. The zero-order valence-corrected chi connectivity index (χ0v) is 17.9. The molecule has 2 aromatic rings. The van der Waals surface area contributed by atoms with Crippen LogP contribution < -0.4 is 15.0 Å². The Bertz CT molecular complexity index is 831. The molecule has 3 rings (SSSR count). The van der Waals surface area contributed by atoms with Gasteiger partial charge in [0.05, 0.1) is 6.61 Å². The van der Waals surface area contributed by atoms with Crippen molar-refractivity contribution in [1.82, 2.24) is 15.2 Å². The summed E-state index contributed by atoms with van der Waals surface area (Å²) in [4.78, 5) is 34.0. The maximum Gasteiger partial charge on any atom is 0.251 e. The van der Waals surface area contributed by atoms with Crippen LogP contribution in [0.4, 0.5) is 5.69 Å². The number of aromatic nitrogens is 1. The summed E-state index contributed by atoms with van der Waals surface area (Å²) in [5, 5.41) is 2.93. The molecule has 1 aliphatic rings. The Labute approximate surface area is 178 Å². The molecule has 0 bridgehead atoms. The fourth-order valence-corrected chi connectivity index (χ4v) is 3.54. The molecule has 1 aromatic heterocycles. The molecule has 0 unspecified atom stereocenters. The van der Waals surface area contributed by atoms with Gasteiger partial charge in [-0.25, -0.2) is 0 Å². The second-order valence-corrected chi connectivity index (χ2v) is 7.67. The van der Waals surface area contributed by atoms with Crippen LogP contribution in [0.3, 0.4) is 0 Å². The first kappa shape index (κ1) is 21.6. The van der Waals surface area contributed by atoms with Crippen LogP contribution in [0.2, 0.25) is 0 Å². The first-order valence-electron chi connectivity index (χ1n) is 10.5.